The third-order valence-electron chi connectivity index (χ3n) is 0.711. The molecule has 5 heteroatoms. The van der Waals surface area contributed by atoms with E-state index in [-0.39, 0.29) is 0 Å². The zero-order chi connectivity index (χ0) is 8.20. The summed E-state index contributed by atoms with van der Waals surface area (Å²) in [6.07, 6.45) is 1.06. The molecular formula is C5H5NO3S. The molecule has 0 heterocycles. The lowest BCUT2D eigenvalue weighted by molar-refractivity contribution is -0.107. The van der Waals surface area contributed by atoms with Gasteiger partial charge in [0.05, 0.1) is 5.75 Å². The maximum Gasteiger partial charge on any atom is 0.345 e. The summed E-state index contributed by atoms with van der Waals surface area (Å²) in [5.41, 5.74) is 0. The van der Waals surface area contributed by atoms with Gasteiger partial charge in [-0.15, -0.1) is 6.58 Å². The highest BCUT2D eigenvalue weighted by atomic mass is 32.2. The zero-order valence-electron chi connectivity index (χ0n) is 5.07. The largest absolute Gasteiger partial charge is 0.345 e. The summed E-state index contributed by atoms with van der Waals surface area (Å²) < 4.78 is 21.0. The topological polar surface area (TPSA) is 75.0 Å². The summed E-state index contributed by atoms with van der Waals surface area (Å²) in [5, 5.41) is 6.47. The Morgan fingerprint density at radius 1 is 1.70 bits per heavy atom. The third-order valence-corrected chi connectivity index (χ3v) is 2.04. The molecule has 0 aliphatic carbocycles. The predicted molar refractivity (Wildman–Crippen MR) is 34.6 cm³/mol. The van der Waals surface area contributed by atoms with Gasteiger partial charge in [0.15, 0.2) is 6.07 Å². The van der Waals surface area contributed by atoms with Gasteiger partial charge in [0.2, 0.25) is 9.84 Å². The summed E-state index contributed by atoms with van der Waals surface area (Å²) in [5.74, 6) is -0.473. The number of carbonyl (C=O) groups excluding carboxylic acids is 1. The summed E-state index contributed by atoms with van der Waals surface area (Å²) in [6.45, 7) is 3.12. The monoisotopic (exact) mass is 159 g/mol. The molecule has 0 aliphatic heterocycles. The van der Waals surface area contributed by atoms with E-state index in [1.807, 2.05) is 0 Å². The average molecular weight is 159 g/mol. The zero-order valence-corrected chi connectivity index (χ0v) is 5.89. The second-order valence-electron chi connectivity index (χ2n) is 1.47. The minimum absolute atomic E-state index is 0.473. The highest BCUT2D eigenvalue weighted by molar-refractivity contribution is 8.06. The molecule has 0 aliphatic rings. The fourth-order valence-electron chi connectivity index (χ4n) is 0.300. The lowest BCUT2D eigenvalue weighted by Gasteiger charge is -1.88. The van der Waals surface area contributed by atoms with Gasteiger partial charge < -0.3 is 0 Å². The molecule has 0 rings (SSSR count). The van der Waals surface area contributed by atoms with Crippen LogP contribution in [0.2, 0.25) is 0 Å². The normalized spacial score (nSPS) is 9.90. The minimum atomic E-state index is -3.88. The van der Waals surface area contributed by atoms with Crippen LogP contribution < -0.4 is 0 Å². The Labute approximate surface area is 58.7 Å². The molecule has 10 heavy (non-hydrogen) atoms. The van der Waals surface area contributed by atoms with Crippen molar-refractivity contribution in [2.75, 3.05) is 5.75 Å². The molecule has 0 atom stereocenters. The van der Waals surface area contributed by atoms with Gasteiger partial charge in [-0.25, -0.2) is 8.42 Å². The van der Waals surface area contributed by atoms with E-state index in [2.05, 4.69) is 6.58 Å². The molecule has 0 unspecified atom stereocenters. The van der Waals surface area contributed by atoms with Gasteiger partial charge in [-0.05, 0) is 0 Å². The molecule has 0 bridgehead atoms. The van der Waals surface area contributed by atoms with Crippen LogP contribution in [0.5, 0.6) is 0 Å². The number of nitrogens with zero attached hydrogens (tertiary/aromatic N) is 1. The van der Waals surface area contributed by atoms with Crippen molar-refractivity contribution in [3.05, 3.63) is 12.7 Å². The summed E-state index contributed by atoms with van der Waals surface area (Å²) in [6, 6.07) is 1.02. The van der Waals surface area contributed by atoms with E-state index in [1.54, 1.807) is 0 Å². The van der Waals surface area contributed by atoms with Crippen LogP contribution in [0.1, 0.15) is 0 Å². The molecule has 0 N–H and O–H groups in total. The summed E-state index contributed by atoms with van der Waals surface area (Å²) >= 11 is 0. The third kappa shape index (κ3) is 1.99. The molecule has 0 saturated carbocycles. The first-order valence-electron chi connectivity index (χ1n) is 2.32. The molecule has 0 aromatic rings. The van der Waals surface area contributed by atoms with Crippen LogP contribution in [0.4, 0.5) is 0 Å². The lowest BCUT2D eigenvalue weighted by atomic mass is 10.8. The Bertz CT molecular complexity index is 283. The van der Waals surface area contributed by atoms with Gasteiger partial charge in [0.25, 0.3) is 0 Å². The summed E-state index contributed by atoms with van der Waals surface area (Å²) in [7, 11) is -3.88. The molecule has 0 radical (unpaired) electrons. The quantitative estimate of drug-likeness (QED) is 0.407. The Morgan fingerprint density at radius 3 is 2.50 bits per heavy atom. The molecule has 0 fully saturated rings. The molecule has 0 amide bonds. The van der Waals surface area contributed by atoms with E-state index >= 15 is 0 Å². The van der Waals surface area contributed by atoms with E-state index in [1.165, 1.54) is 0 Å². The Balaban J connectivity index is 4.63. The van der Waals surface area contributed by atoms with E-state index in [0.29, 0.717) is 0 Å². The van der Waals surface area contributed by atoms with E-state index in [0.717, 1.165) is 12.1 Å². The SMILES string of the molecule is C=CCS(=O)(=O)C(=O)C#N. The highest BCUT2D eigenvalue weighted by Crippen LogP contribution is 1.90. The van der Waals surface area contributed by atoms with Crippen LogP contribution in [0.15, 0.2) is 12.7 Å². The summed E-state index contributed by atoms with van der Waals surface area (Å²) in [4.78, 5) is 10.2. The Hall–Kier alpha value is -1.15. The Morgan fingerprint density at radius 2 is 2.20 bits per heavy atom. The van der Waals surface area contributed by atoms with Gasteiger partial charge in [-0.1, -0.05) is 6.08 Å². The fourth-order valence-corrected chi connectivity index (χ4v) is 0.901. The number of hydrogen-bond donors (Lipinski definition) is 0. The second kappa shape index (κ2) is 3.13. The Kier molecular flexibility index (Phi) is 2.77. The van der Waals surface area contributed by atoms with Crippen molar-refractivity contribution >= 4 is 15.0 Å². The first-order valence-corrected chi connectivity index (χ1v) is 3.97. The fraction of sp³-hybridized carbons (Fsp3) is 0.200. The molecule has 0 saturated heterocycles. The van der Waals surface area contributed by atoms with E-state index < -0.39 is 20.7 Å². The number of carbonyl (C=O) groups is 1. The van der Waals surface area contributed by atoms with E-state index in [4.69, 9.17) is 5.26 Å². The lowest BCUT2D eigenvalue weighted by Crippen LogP contribution is -2.14. The van der Waals surface area contributed by atoms with Crippen LogP contribution in [-0.4, -0.2) is 19.3 Å². The number of hydrogen-bond acceptors (Lipinski definition) is 4. The molecule has 54 valence electrons. The van der Waals surface area contributed by atoms with Gasteiger partial charge in [0, 0.05) is 0 Å². The van der Waals surface area contributed by atoms with Crippen molar-refractivity contribution in [2.45, 2.75) is 0 Å². The van der Waals surface area contributed by atoms with Gasteiger partial charge in [0.1, 0.15) is 0 Å². The van der Waals surface area contributed by atoms with Crippen molar-refractivity contribution in [3.8, 4) is 6.07 Å². The maximum absolute atomic E-state index is 10.5. The number of rotatable bonds is 2. The van der Waals surface area contributed by atoms with Crippen molar-refractivity contribution in [1.82, 2.24) is 0 Å². The van der Waals surface area contributed by atoms with Crippen LogP contribution in [0, 0.1) is 11.3 Å². The molecule has 0 aromatic carbocycles. The first-order chi connectivity index (χ1) is 4.54. The van der Waals surface area contributed by atoms with Crippen LogP contribution in [0.25, 0.3) is 0 Å². The van der Waals surface area contributed by atoms with Crippen molar-refractivity contribution in [2.24, 2.45) is 0 Å². The van der Waals surface area contributed by atoms with E-state index in [9.17, 15) is 13.2 Å². The standard InChI is InChI=1S/C5H5NO3S/c1-2-3-10(8,9)5(7)4-6/h2H,1,3H2. The molecule has 0 spiro atoms. The second-order valence-corrected chi connectivity index (χ2v) is 3.40. The van der Waals surface area contributed by atoms with Gasteiger partial charge in [-0.3, -0.25) is 4.79 Å². The number of sulfone groups is 1. The van der Waals surface area contributed by atoms with Crippen LogP contribution in [-0.2, 0) is 14.6 Å². The molecular weight excluding hydrogens is 154 g/mol. The minimum Gasteiger partial charge on any atom is -0.264 e. The highest BCUT2D eigenvalue weighted by Gasteiger charge is 2.18. The smallest absolute Gasteiger partial charge is 0.264 e. The van der Waals surface area contributed by atoms with Crippen molar-refractivity contribution < 1.29 is 13.2 Å². The number of nitriles is 1. The molecule has 0 aromatic heterocycles. The van der Waals surface area contributed by atoms with Crippen molar-refractivity contribution in [1.29, 1.82) is 5.26 Å². The first kappa shape index (κ1) is 8.85. The van der Waals surface area contributed by atoms with Gasteiger partial charge >= 0.3 is 5.12 Å². The average Bonchev–Trinajstić information content (AvgIpc) is 1.86. The van der Waals surface area contributed by atoms with Crippen LogP contribution >= 0.6 is 0 Å². The molecule has 4 nitrogen and oxygen atoms in total. The van der Waals surface area contributed by atoms with Crippen LogP contribution in [0.3, 0.4) is 0 Å². The van der Waals surface area contributed by atoms with Gasteiger partial charge in [-0.2, -0.15) is 5.26 Å². The van der Waals surface area contributed by atoms with Crippen molar-refractivity contribution in [3.63, 3.8) is 0 Å². The maximum atomic E-state index is 10.5. The predicted octanol–water partition coefficient (Wildman–Crippen LogP) is -0.363.